The highest BCUT2D eigenvalue weighted by molar-refractivity contribution is 6.35. The number of nitrogens with two attached hydrogens (primary N) is 1. The third kappa shape index (κ3) is 3.19. The monoisotopic (exact) mass is 323 g/mol. The van der Waals surface area contributed by atoms with Gasteiger partial charge in [0, 0.05) is 23.7 Å². The summed E-state index contributed by atoms with van der Waals surface area (Å²) in [6.07, 6.45) is 3.52. The van der Waals surface area contributed by atoms with E-state index in [0.29, 0.717) is 27.4 Å². The molecule has 1 aromatic carbocycles. The first-order valence-electron chi connectivity index (χ1n) is 6.85. The number of hydrogen-bond donors (Lipinski definition) is 1. The minimum atomic E-state index is 0.191. The van der Waals surface area contributed by atoms with Crippen molar-refractivity contribution in [3.63, 3.8) is 0 Å². The second kappa shape index (κ2) is 6.03. The molecule has 5 nitrogen and oxygen atoms in total. The molecule has 110 valence electrons. The van der Waals surface area contributed by atoms with Gasteiger partial charge in [0.25, 0.3) is 0 Å². The van der Waals surface area contributed by atoms with E-state index < -0.39 is 0 Å². The number of nitrogen functional groups attached to an aromatic ring is 1. The summed E-state index contributed by atoms with van der Waals surface area (Å²) < 4.78 is 0. The van der Waals surface area contributed by atoms with Crippen LogP contribution in [0.4, 0.5) is 11.9 Å². The highest BCUT2D eigenvalue weighted by atomic mass is 35.5. The van der Waals surface area contributed by atoms with Crippen molar-refractivity contribution in [2.45, 2.75) is 19.3 Å². The number of nitrogens with zero attached hydrogens (tertiary/aromatic N) is 4. The van der Waals surface area contributed by atoms with Crippen LogP contribution in [0.2, 0.25) is 10.0 Å². The van der Waals surface area contributed by atoms with Gasteiger partial charge in [-0.3, -0.25) is 0 Å². The summed E-state index contributed by atoms with van der Waals surface area (Å²) in [6.45, 7) is 1.87. The second-order valence-corrected chi connectivity index (χ2v) is 5.83. The van der Waals surface area contributed by atoms with Crippen molar-refractivity contribution in [1.29, 1.82) is 0 Å². The lowest BCUT2D eigenvalue weighted by molar-refractivity contribution is 0.568. The van der Waals surface area contributed by atoms with Crippen molar-refractivity contribution in [2.24, 2.45) is 0 Å². The maximum atomic E-state index is 6.21. The molecule has 2 heterocycles. The smallest absolute Gasteiger partial charge is 0.230 e. The lowest BCUT2D eigenvalue weighted by Gasteiger charge is -2.26. The molecule has 3 rings (SSSR count). The molecule has 2 N–H and O–H groups in total. The minimum Gasteiger partial charge on any atom is -0.368 e. The standard InChI is InChI=1S/C14H15Cl2N5/c15-9-4-5-11(16)10(8-9)12-18-13(17)20-14(19-12)21-6-2-1-3-7-21/h4-5,8H,1-3,6-7H2,(H2,17,18,19,20). The second-order valence-electron chi connectivity index (χ2n) is 4.99. The molecule has 0 bridgehead atoms. The molecular formula is C14H15Cl2N5. The van der Waals surface area contributed by atoms with E-state index in [1.807, 2.05) is 0 Å². The number of benzene rings is 1. The molecule has 0 aliphatic carbocycles. The van der Waals surface area contributed by atoms with Crippen LogP contribution in [0.3, 0.4) is 0 Å². The van der Waals surface area contributed by atoms with Crippen LogP contribution < -0.4 is 10.6 Å². The SMILES string of the molecule is Nc1nc(-c2cc(Cl)ccc2Cl)nc(N2CCCCC2)n1. The first-order chi connectivity index (χ1) is 10.1. The van der Waals surface area contributed by atoms with E-state index in [9.17, 15) is 0 Å². The van der Waals surface area contributed by atoms with Gasteiger partial charge in [-0.25, -0.2) is 0 Å². The number of rotatable bonds is 2. The molecule has 0 radical (unpaired) electrons. The molecule has 1 aliphatic rings. The fourth-order valence-corrected chi connectivity index (χ4v) is 2.78. The number of hydrogen-bond acceptors (Lipinski definition) is 5. The van der Waals surface area contributed by atoms with Gasteiger partial charge >= 0.3 is 0 Å². The quantitative estimate of drug-likeness (QED) is 0.917. The molecular weight excluding hydrogens is 309 g/mol. The van der Waals surface area contributed by atoms with E-state index in [2.05, 4.69) is 19.9 Å². The van der Waals surface area contributed by atoms with Gasteiger partial charge in [-0.1, -0.05) is 23.2 Å². The van der Waals surface area contributed by atoms with Crippen molar-refractivity contribution in [3.8, 4) is 11.4 Å². The summed E-state index contributed by atoms with van der Waals surface area (Å²) in [7, 11) is 0. The molecule has 1 saturated heterocycles. The van der Waals surface area contributed by atoms with E-state index in [1.54, 1.807) is 18.2 Å². The van der Waals surface area contributed by atoms with Gasteiger partial charge < -0.3 is 10.6 Å². The summed E-state index contributed by atoms with van der Waals surface area (Å²) in [5.41, 5.74) is 6.49. The van der Waals surface area contributed by atoms with Gasteiger partial charge in [0.15, 0.2) is 5.82 Å². The van der Waals surface area contributed by atoms with E-state index in [1.165, 1.54) is 6.42 Å². The predicted octanol–water partition coefficient (Wildman–Crippen LogP) is 3.42. The average Bonchev–Trinajstić information content (AvgIpc) is 2.50. The third-order valence-electron chi connectivity index (χ3n) is 3.45. The van der Waals surface area contributed by atoms with Crippen LogP contribution in [0, 0.1) is 0 Å². The lowest BCUT2D eigenvalue weighted by atomic mass is 10.1. The van der Waals surface area contributed by atoms with Gasteiger partial charge in [-0.2, -0.15) is 15.0 Å². The van der Waals surface area contributed by atoms with Crippen molar-refractivity contribution in [3.05, 3.63) is 28.2 Å². The van der Waals surface area contributed by atoms with Crippen LogP contribution in [-0.4, -0.2) is 28.0 Å². The van der Waals surface area contributed by atoms with Gasteiger partial charge in [0.1, 0.15) is 0 Å². The van der Waals surface area contributed by atoms with Crippen molar-refractivity contribution in [1.82, 2.24) is 15.0 Å². The number of piperidine rings is 1. The zero-order chi connectivity index (χ0) is 14.8. The third-order valence-corrected chi connectivity index (χ3v) is 4.01. The average molecular weight is 324 g/mol. The van der Waals surface area contributed by atoms with Crippen LogP contribution in [0.15, 0.2) is 18.2 Å². The maximum absolute atomic E-state index is 6.21. The zero-order valence-electron chi connectivity index (χ0n) is 11.4. The Labute approximate surface area is 133 Å². The maximum Gasteiger partial charge on any atom is 0.230 e. The van der Waals surface area contributed by atoms with Gasteiger partial charge in [-0.15, -0.1) is 0 Å². The van der Waals surface area contributed by atoms with Crippen molar-refractivity contribution < 1.29 is 0 Å². The van der Waals surface area contributed by atoms with Gasteiger partial charge in [-0.05, 0) is 37.5 Å². The fraction of sp³-hybridized carbons (Fsp3) is 0.357. The predicted molar refractivity (Wildman–Crippen MR) is 85.8 cm³/mol. The summed E-state index contributed by atoms with van der Waals surface area (Å²) in [5.74, 6) is 1.25. The summed E-state index contributed by atoms with van der Waals surface area (Å²) >= 11 is 12.2. The Hall–Kier alpha value is -1.59. The van der Waals surface area contributed by atoms with Gasteiger partial charge in [0.2, 0.25) is 11.9 Å². The number of aromatic nitrogens is 3. The molecule has 0 unspecified atom stereocenters. The highest BCUT2D eigenvalue weighted by Gasteiger charge is 2.17. The molecule has 0 saturated carbocycles. The number of halogens is 2. The molecule has 2 aromatic rings. The Bertz CT molecular complexity index is 656. The molecule has 7 heteroatoms. The van der Waals surface area contributed by atoms with Crippen LogP contribution in [0.25, 0.3) is 11.4 Å². The van der Waals surface area contributed by atoms with Crippen LogP contribution in [-0.2, 0) is 0 Å². The molecule has 1 fully saturated rings. The fourth-order valence-electron chi connectivity index (χ4n) is 2.41. The Kier molecular flexibility index (Phi) is 4.12. The summed E-state index contributed by atoms with van der Waals surface area (Å²) in [6, 6.07) is 5.18. The van der Waals surface area contributed by atoms with Crippen molar-refractivity contribution >= 4 is 35.1 Å². The molecule has 0 amide bonds. The molecule has 1 aromatic heterocycles. The zero-order valence-corrected chi connectivity index (χ0v) is 12.9. The molecule has 0 atom stereocenters. The van der Waals surface area contributed by atoms with Crippen LogP contribution in [0.1, 0.15) is 19.3 Å². The van der Waals surface area contributed by atoms with E-state index in [0.717, 1.165) is 25.9 Å². The van der Waals surface area contributed by atoms with E-state index in [4.69, 9.17) is 28.9 Å². The Morgan fingerprint density at radius 2 is 1.76 bits per heavy atom. The molecule has 21 heavy (non-hydrogen) atoms. The largest absolute Gasteiger partial charge is 0.368 e. The Morgan fingerprint density at radius 1 is 1.00 bits per heavy atom. The molecule has 1 aliphatic heterocycles. The molecule has 0 spiro atoms. The summed E-state index contributed by atoms with van der Waals surface area (Å²) in [5, 5.41) is 1.11. The van der Waals surface area contributed by atoms with Crippen LogP contribution >= 0.6 is 23.2 Å². The van der Waals surface area contributed by atoms with Gasteiger partial charge in [0.05, 0.1) is 5.02 Å². The van der Waals surface area contributed by atoms with Crippen molar-refractivity contribution in [2.75, 3.05) is 23.7 Å². The topological polar surface area (TPSA) is 67.9 Å². The van der Waals surface area contributed by atoms with E-state index in [-0.39, 0.29) is 5.95 Å². The minimum absolute atomic E-state index is 0.191. The van der Waals surface area contributed by atoms with E-state index >= 15 is 0 Å². The van der Waals surface area contributed by atoms with Crippen LogP contribution in [0.5, 0.6) is 0 Å². The highest BCUT2D eigenvalue weighted by Crippen LogP contribution is 2.29. The summed E-state index contributed by atoms with van der Waals surface area (Å²) in [4.78, 5) is 15.1. The normalized spacial score (nSPS) is 15.2. The first-order valence-corrected chi connectivity index (χ1v) is 7.61. The Balaban J connectivity index is 2.02. The lowest BCUT2D eigenvalue weighted by Crippen LogP contribution is -2.31. The first kappa shape index (κ1) is 14.4. The number of anilines is 2. The Morgan fingerprint density at radius 3 is 2.52 bits per heavy atom.